The molecule has 2 aliphatic carbocycles. The molecular weight excluding hydrogens is 368 g/mol. The molecule has 6 rings (SSSR count). The molecule has 8 heteroatoms. The van der Waals surface area contributed by atoms with E-state index in [9.17, 15) is 20.4 Å². The first kappa shape index (κ1) is 18.4. The van der Waals surface area contributed by atoms with Gasteiger partial charge in [0.25, 0.3) is 0 Å². The highest BCUT2D eigenvalue weighted by Gasteiger charge is 2.99. The van der Waals surface area contributed by atoms with Crippen molar-refractivity contribution in [2.45, 2.75) is 82.3 Å². The summed E-state index contributed by atoms with van der Waals surface area (Å²) in [7, 11) is 0. The molecule has 0 aromatic carbocycles. The SMILES string of the molecule is C[C@@H]1COC2CC34C5OC(O)C3(O[C@@H]3OC[C@H](O)C34[C@H](C(C)(C)C)[C@H]5O)[C@]21O. The Morgan fingerprint density at radius 3 is 2.43 bits per heavy atom. The van der Waals surface area contributed by atoms with E-state index in [0.29, 0.717) is 13.0 Å². The average Bonchev–Trinajstić information content (AvgIpc) is 3.31. The quantitative estimate of drug-likeness (QED) is 0.426. The molecule has 6 fully saturated rings. The second-order valence-electron chi connectivity index (χ2n) is 10.9. The van der Waals surface area contributed by atoms with E-state index in [0.717, 1.165) is 0 Å². The van der Waals surface area contributed by atoms with Gasteiger partial charge in [0.15, 0.2) is 18.2 Å². The molecule has 4 aliphatic heterocycles. The van der Waals surface area contributed by atoms with Crippen molar-refractivity contribution in [2.24, 2.45) is 28.1 Å². The molecule has 0 aromatic rings. The summed E-state index contributed by atoms with van der Waals surface area (Å²) in [5.41, 5.74) is -5.42. The van der Waals surface area contributed by atoms with Crippen molar-refractivity contribution in [2.75, 3.05) is 13.2 Å². The maximum Gasteiger partial charge on any atom is 0.188 e. The van der Waals surface area contributed by atoms with Crippen LogP contribution in [0.5, 0.6) is 0 Å². The number of aliphatic hydroxyl groups is 4. The van der Waals surface area contributed by atoms with Crippen molar-refractivity contribution in [3.05, 3.63) is 0 Å². The van der Waals surface area contributed by atoms with Crippen molar-refractivity contribution in [1.29, 1.82) is 0 Å². The topological polar surface area (TPSA) is 118 Å². The van der Waals surface area contributed by atoms with E-state index in [2.05, 4.69) is 0 Å². The summed E-state index contributed by atoms with van der Waals surface area (Å²) in [5.74, 6) is -0.702. The Bertz CT molecular complexity index is 738. The van der Waals surface area contributed by atoms with Gasteiger partial charge in [-0.1, -0.05) is 27.7 Å². The van der Waals surface area contributed by atoms with Crippen LogP contribution in [0.3, 0.4) is 0 Å². The molecular formula is C20H30O8. The first-order valence-corrected chi connectivity index (χ1v) is 10.3. The summed E-state index contributed by atoms with van der Waals surface area (Å²) in [6, 6.07) is 0. The largest absolute Gasteiger partial charge is 0.390 e. The van der Waals surface area contributed by atoms with E-state index in [4.69, 9.17) is 18.9 Å². The monoisotopic (exact) mass is 398 g/mol. The van der Waals surface area contributed by atoms with Crippen LogP contribution in [0, 0.1) is 28.1 Å². The molecule has 4 saturated heterocycles. The Labute approximate surface area is 163 Å². The molecule has 2 spiro atoms. The summed E-state index contributed by atoms with van der Waals surface area (Å²) in [6.45, 7) is 8.39. The van der Waals surface area contributed by atoms with Gasteiger partial charge >= 0.3 is 0 Å². The predicted octanol–water partition coefficient (Wildman–Crippen LogP) is -0.631. The van der Waals surface area contributed by atoms with Gasteiger partial charge in [-0.05, 0) is 11.8 Å². The van der Waals surface area contributed by atoms with Gasteiger partial charge in [0.2, 0.25) is 0 Å². The molecule has 6 aliphatic rings. The second kappa shape index (κ2) is 4.78. The van der Waals surface area contributed by atoms with Gasteiger partial charge in [-0.2, -0.15) is 0 Å². The van der Waals surface area contributed by atoms with Gasteiger partial charge in [0.1, 0.15) is 5.60 Å². The van der Waals surface area contributed by atoms with Gasteiger partial charge in [-0.3, -0.25) is 0 Å². The van der Waals surface area contributed by atoms with Crippen molar-refractivity contribution in [3.8, 4) is 0 Å². The number of ether oxygens (including phenoxy) is 4. The molecule has 4 heterocycles. The highest BCUT2D eigenvalue weighted by molar-refractivity contribution is 5.43. The number of hydrogen-bond donors (Lipinski definition) is 4. The number of fused-ring (bicyclic) bond motifs is 1. The van der Waals surface area contributed by atoms with E-state index in [-0.39, 0.29) is 12.5 Å². The van der Waals surface area contributed by atoms with Crippen LogP contribution in [0.2, 0.25) is 0 Å². The van der Waals surface area contributed by atoms with Gasteiger partial charge in [-0.25, -0.2) is 0 Å². The van der Waals surface area contributed by atoms with Crippen molar-refractivity contribution in [1.82, 2.24) is 0 Å². The highest BCUT2D eigenvalue weighted by Crippen LogP contribution is 2.85. The van der Waals surface area contributed by atoms with Crippen LogP contribution in [-0.2, 0) is 18.9 Å². The first-order valence-electron chi connectivity index (χ1n) is 10.3. The van der Waals surface area contributed by atoms with Crippen LogP contribution in [0.25, 0.3) is 0 Å². The third-order valence-corrected chi connectivity index (χ3v) is 9.18. The minimum Gasteiger partial charge on any atom is -0.390 e. The molecule has 158 valence electrons. The highest BCUT2D eigenvalue weighted by atomic mass is 16.8. The lowest BCUT2D eigenvalue weighted by atomic mass is 9.51. The number of aliphatic hydroxyl groups excluding tert-OH is 3. The lowest BCUT2D eigenvalue weighted by Gasteiger charge is -2.49. The molecule has 0 aromatic heterocycles. The lowest BCUT2D eigenvalue weighted by Crippen LogP contribution is -2.67. The predicted molar refractivity (Wildman–Crippen MR) is 92.7 cm³/mol. The third kappa shape index (κ3) is 1.37. The normalized spacial score (nSPS) is 66.9. The first-order chi connectivity index (χ1) is 13.0. The van der Waals surface area contributed by atoms with Crippen molar-refractivity contribution in [3.63, 3.8) is 0 Å². The molecule has 0 radical (unpaired) electrons. The fourth-order valence-corrected chi connectivity index (χ4v) is 8.66. The summed E-state index contributed by atoms with van der Waals surface area (Å²) in [5, 5.41) is 45.9. The van der Waals surface area contributed by atoms with E-state index in [1.165, 1.54) is 0 Å². The van der Waals surface area contributed by atoms with E-state index < -0.39 is 70.4 Å². The Morgan fingerprint density at radius 1 is 1.04 bits per heavy atom. The Morgan fingerprint density at radius 2 is 1.75 bits per heavy atom. The minimum absolute atomic E-state index is 0.0874. The smallest absolute Gasteiger partial charge is 0.188 e. The van der Waals surface area contributed by atoms with Crippen LogP contribution in [0.15, 0.2) is 0 Å². The van der Waals surface area contributed by atoms with Crippen molar-refractivity contribution >= 4 is 0 Å². The molecule has 8 nitrogen and oxygen atoms in total. The van der Waals surface area contributed by atoms with Gasteiger partial charge < -0.3 is 39.4 Å². The number of rotatable bonds is 0. The molecule has 4 N–H and O–H groups in total. The minimum atomic E-state index is -1.52. The maximum atomic E-state index is 12.0. The summed E-state index contributed by atoms with van der Waals surface area (Å²) in [6.07, 6.45) is -5.10. The van der Waals surface area contributed by atoms with Crippen LogP contribution in [-0.4, -0.2) is 81.8 Å². The molecule has 2 saturated carbocycles. The summed E-state index contributed by atoms with van der Waals surface area (Å²) < 4.78 is 24.3. The van der Waals surface area contributed by atoms with Crippen molar-refractivity contribution < 1.29 is 39.4 Å². The molecule has 6 unspecified atom stereocenters. The van der Waals surface area contributed by atoms with Gasteiger partial charge in [-0.15, -0.1) is 0 Å². The van der Waals surface area contributed by atoms with E-state index in [1.807, 2.05) is 27.7 Å². The van der Waals surface area contributed by atoms with E-state index >= 15 is 0 Å². The van der Waals surface area contributed by atoms with Gasteiger partial charge in [0, 0.05) is 11.8 Å². The summed E-state index contributed by atoms with van der Waals surface area (Å²) >= 11 is 0. The standard InChI is InChI=1S/C20H30O8/c1-8-6-25-10-5-17-13-11(22)12(16(2,3)4)18(17)9(21)7-26-15(18)28-20(17,14(23)27-13)19(8,10)24/h8-15,21-24H,5-7H2,1-4H3/t8-,9+,10?,11-,12+,13?,14?,15+,17?,18?,19-,20?/m1/s1. The van der Waals surface area contributed by atoms with E-state index in [1.54, 1.807) is 0 Å². The Hall–Kier alpha value is -0.320. The fourth-order valence-electron chi connectivity index (χ4n) is 8.66. The Kier molecular flexibility index (Phi) is 3.15. The molecule has 28 heavy (non-hydrogen) atoms. The fraction of sp³-hybridized carbons (Fsp3) is 1.00. The maximum absolute atomic E-state index is 12.0. The zero-order valence-electron chi connectivity index (χ0n) is 16.7. The molecule has 12 atom stereocenters. The van der Waals surface area contributed by atoms with Crippen LogP contribution < -0.4 is 0 Å². The average molecular weight is 398 g/mol. The zero-order chi connectivity index (χ0) is 20.1. The zero-order valence-corrected chi connectivity index (χ0v) is 16.7. The second-order valence-corrected chi connectivity index (χ2v) is 10.9. The van der Waals surface area contributed by atoms with Crippen LogP contribution in [0.1, 0.15) is 34.1 Å². The third-order valence-electron chi connectivity index (χ3n) is 9.18. The Balaban J connectivity index is 1.68. The van der Waals surface area contributed by atoms with Gasteiger partial charge in [0.05, 0.1) is 48.5 Å². The molecule has 0 bridgehead atoms. The molecule has 0 amide bonds. The summed E-state index contributed by atoms with van der Waals surface area (Å²) in [4.78, 5) is 0. The number of hydrogen-bond acceptors (Lipinski definition) is 8. The van der Waals surface area contributed by atoms with Crippen LogP contribution >= 0.6 is 0 Å². The van der Waals surface area contributed by atoms with Crippen LogP contribution in [0.4, 0.5) is 0 Å². The lowest BCUT2D eigenvalue weighted by molar-refractivity contribution is -0.296.